The first-order chi connectivity index (χ1) is 13.2. The second-order valence-corrected chi connectivity index (χ2v) is 7.38. The van der Waals surface area contributed by atoms with Gasteiger partial charge in [-0.2, -0.15) is 0 Å². The van der Waals surface area contributed by atoms with E-state index in [4.69, 9.17) is 9.47 Å². The minimum atomic E-state index is 0.305. The molecule has 0 aromatic heterocycles. The SMILES string of the molecule is COc1cc2c(cc1OC)[C@H](C)C[C@H](c1ccccc1)[C@H]2c1ccccc1. The van der Waals surface area contributed by atoms with E-state index in [1.807, 2.05) is 0 Å². The van der Waals surface area contributed by atoms with Crippen LogP contribution in [0.25, 0.3) is 0 Å². The van der Waals surface area contributed by atoms with Gasteiger partial charge in [0.1, 0.15) is 0 Å². The number of fused-ring (bicyclic) bond motifs is 1. The average molecular weight is 358 g/mol. The lowest BCUT2D eigenvalue weighted by molar-refractivity contribution is 0.351. The molecular weight excluding hydrogens is 332 g/mol. The number of hydrogen-bond donors (Lipinski definition) is 0. The minimum absolute atomic E-state index is 0.305. The van der Waals surface area contributed by atoms with Crippen molar-refractivity contribution in [1.82, 2.24) is 0 Å². The number of ether oxygens (including phenoxy) is 2. The van der Waals surface area contributed by atoms with Crippen molar-refractivity contribution in [3.05, 3.63) is 95.1 Å². The number of methoxy groups -OCH3 is 2. The third-order valence-electron chi connectivity index (χ3n) is 5.85. The summed E-state index contributed by atoms with van der Waals surface area (Å²) in [5.74, 6) is 2.82. The summed E-state index contributed by atoms with van der Waals surface area (Å²) in [6.45, 7) is 2.32. The largest absolute Gasteiger partial charge is 0.493 e. The van der Waals surface area contributed by atoms with Crippen molar-refractivity contribution in [1.29, 1.82) is 0 Å². The van der Waals surface area contributed by atoms with Gasteiger partial charge in [-0.1, -0.05) is 67.6 Å². The third kappa shape index (κ3) is 3.21. The highest BCUT2D eigenvalue weighted by Gasteiger charge is 2.36. The molecule has 0 fully saturated rings. The molecule has 1 aliphatic carbocycles. The predicted octanol–water partition coefficient (Wildman–Crippen LogP) is 6.13. The van der Waals surface area contributed by atoms with Crippen molar-refractivity contribution in [2.75, 3.05) is 14.2 Å². The van der Waals surface area contributed by atoms with Crippen molar-refractivity contribution in [2.45, 2.75) is 31.1 Å². The standard InChI is InChI=1S/C25H26O2/c1-17-14-21(18-10-6-4-7-11-18)25(19-12-8-5-9-13-19)22-16-24(27-3)23(26-2)15-20(17)22/h4-13,15-17,21,25H,14H2,1-3H3/t17-,21-,25-/m1/s1. The summed E-state index contributed by atoms with van der Waals surface area (Å²) in [6.07, 6.45) is 1.12. The third-order valence-corrected chi connectivity index (χ3v) is 5.85. The molecule has 0 amide bonds. The van der Waals surface area contributed by atoms with Crippen LogP contribution in [0, 0.1) is 0 Å². The van der Waals surface area contributed by atoms with E-state index in [0.29, 0.717) is 17.8 Å². The van der Waals surface area contributed by atoms with Crippen LogP contribution in [0.5, 0.6) is 11.5 Å². The summed E-state index contributed by atoms with van der Waals surface area (Å²) < 4.78 is 11.2. The maximum Gasteiger partial charge on any atom is 0.161 e. The van der Waals surface area contributed by atoms with Crippen molar-refractivity contribution in [3.8, 4) is 11.5 Å². The van der Waals surface area contributed by atoms with Crippen molar-refractivity contribution < 1.29 is 9.47 Å². The summed E-state index contributed by atoms with van der Waals surface area (Å²) in [4.78, 5) is 0. The second-order valence-electron chi connectivity index (χ2n) is 7.38. The Balaban J connectivity index is 1.93. The fourth-order valence-corrected chi connectivity index (χ4v) is 4.57. The Bertz CT molecular complexity index is 902. The van der Waals surface area contributed by atoms with Gasteiger partial charge in [0, 0.05) is 5.92 Å². The van der Waals surface area contributed by atoms with Crippen LogP contribution in [0.2, 0.25) is 0 Å². The van der Waals surface area contributed by atoms with E-state index >= 15 is 0 Å². The summed E-state index contributed by atoms with van der Waals surface area (Å²) in [5, 5.41) is 0. The van der Waals surface area contributed by atoms with Crippen LogP contribution in [0.3, 0.4) is 0 Å². The van der Waals surface area contributed by atoms with Gasteiger partial charge in [-0.25, -0.2) is 0 Å². The lowest BCUT2D eigenvalue weighted by Crippen LogP contribution is -2.23. The van der Waals surface area contributed by atoms with Crippen LogP contribution in [0.15, 0.2) is 72.8 Å². The Labute approximate surface area is 161 Å². The van der Waals surface area contributed by atoms with Crippen molar-refractivity contribution >= 4 is 0 Å². The Hall–Kier alpha value is -2.74. The molecule has 0 saturated carbocycles. The van der Waals surface area contributed by atoms with Gasteiger partial charge >= 0.3 is 0 Å². The van der Waals surface area contributed by atoms with E-state index in [2.05, 4.69) is 79.7 Å². The van der Waals surface area contributed by atoms with Gasteiger partial charge in [-0.3, -0.25) is 0 Å². The zero-order chi connectivity index (χ0) is 18.8. The van der Waals surface area contributed by atoms with Gasteiger partial charge in [-0.05, 0) is 52.6 Å². The molecule has 0 heterocycles. The molecule has 0 radical (unpaired) electrons. The number of benzene rings is 3. The van der Waals surface area contributed by atoms with E-state index in [1.54, 1.807) is 14.2 Å². The monoisotopic (exact) mass is 358 g/mol. The van der Waals surface area contributed by atoms with Crippen molar-refractivity contribution in [3.63, 3.8) is 0 Å². The maximum atomic E-state index is 5.64. The summed E-state index contributed by atoms with van der Waals surface area (Å²) >= 11 is 0. The highest BCUT2D eigenvalue weighted by Crippen LogP contribution is 2.52. The number of hydrogen-bond acceptors (Lipinski definition) is 2. The first-order valence-electron chi connectivity index (χ1n) is 9.58. The van der Waals surface area contributed by atoms with E-state index in [0.717, 1.165) is 17.9 Å². The summed E-state index contributed by atoms with van der Waals surface area (Å²) in [6, 6.07) is 26.1. The Morgan fingerprint density at radius 2 is 1.22 bits per heavy atom. The summed E-state index contributed by atoms with van der Waals surface area (Å²) in [7, 11) is 3.42. The maximum absolute atomic E-state index is 5.64. The van der Waals surface area contributed by atoms with Gasteiger partial charge in [0.05, 0.1) is 14.2 Å². The molecule has 0 spiro atoms. The molecule has 4 rings (SSSR count). The van der Waals surface area contributed by atoms with E-state index in [1.165, 1.54) is 22.3 Å². The first kappa shape index (κ1) is 17.7. The van der Waals surface area contributed by atoms with Gasteiger partial charge in [0.15, 0.2) is 11.5 Å². The van der Waals surface area contributed by atoms with Gasteiger partial charge in [0.2, 0.25) is 0 Å². The zero-order valence-electron chi connectivity index (χ0n) is 16.2. The highest BCUT2D eigenvalue weighted by atomic mass is 16.5. The molecule has 2 heteroatoms. The Kier molecular flexibility index (Phi) is 4.89. The molecule has 0 aliphatic heterocycles. The normalized spacial score (nSPS) is 21.4. The fraction of sp³-hybridized carbons (Fsp3) is 0.280. The lowest BCUT2D eigenvalue weighted by atomic mass is 9.66. The van der Waals surface area contributed by atoms with E-state index in [9.17, 15) is 0 Å². The van der Waals surface area contributed by atoms with Gasteiger partial charge in [0.25, 0.3) is 0 Å². The summed E-state index contributed by atoms with van der Waals surface area (Å²) in [5.41, 5.74) is 5.48. The van der Waals surface area contributed by atoms with Gasteiger partial charge in [-0.15, -0.1) is 0 Å². The van der Waals surface area contributed by atoms with Crippen molar-refractivity contribution in [2.24, 2.45) is 0 Å². The molecule has 3 aromatic rings. The molecule has 0 N–H and O–H groups in total. The molecule has 0 bridgehead atoms. The van der Waals surface area contributed by atoms with E-state index < -0.39 is 0 Å². The lowest BCUT2D eigenvalue weighted by Gasteiger charge is -2.38. The Morgan fingerprint density at radius 1 is 0.704 bits per heavy atom. The molecule has 0 unspecified atom stereocenters. The topological polar surface area (TPSA) is 18.5 Å². The smallest absolute Gasteiger partial charge is 0.161 e. The average Bonchev–Trinajstić information content (AvgIpc) is 2.74. The molecule has 2 nitrogen and oxygen atoms in total. The molecule has 27 heavy (non-hydrogen) atoms. The number of rotatable bonds is 4. The van der Waals surface area contributed by atoms with Crippen LogP contribution >= 0.6 is 0 Å². The highest BCUT2D eigenvalue weighted by molar-refractivity contribution is 5.54. The zero-order valence-corrected chi connectivity index (χ0v) is 16.2. The molecular formula is C25H26O2. The predicted molar refractivity (Wildman–Crippen MR) is 110 cm³/mol. The van der Waals surface area contributed by atoms with Crippen LogP contribution in [0.4, 0.5) is 0 Å². The van der Waals surface area contributed by atoms with Crippen LogP contribution in [-0.2, 0) is 0 Å². The van der Waals surface area contributed by atoms with Crippen LogP contribution in [0.1, 0.15) is 53.4 Å². The van der Waals surface area contributed by atoms with E-state index in [-0.39, 0.29) is 0 Å². The fourth-order valence-electron chi connectivity index (χ4n) is 4.57. The minimum Gasteiger partial charge on any atom is -0.493 e. The second kappa shape index (κ2) is 7.48. The molecule has 3 atom stereocenters. The molecule has 138 valence electrons. The quantitative estimate of drug-likeness (QED) is 0.559. The first-order valence-corrected chi connectivity index (χ1v) is 9.58. The Morgan fingerprint density at radius 3 is 1.78 bits per heavy atom. The molecule has 1 aliphatic rings. The van der Waals surface area contributed by atoms with Gasteiger partial charge < -0.3 is 9.47 Å². The molecule has 0 saturated heterocycles. The molecule has 3 aromatic carbocycles. The van der Waals surface area contributed by atoms with Crippen LogP contribution < -0.4 is 9.47 Å². The van der Waals surface area contributed by atoms with Crippen LogP contribution in [-0.4, -0.2) is 14.2 Å².